The van der Waals surface area contributed by atoms with Gasteiger partial charge in [-0.1, -0.05) is 24.6 Å². The maximum atomic E-state index is 13.2. The number of methoxy groups -OCH3 is 1. The molecular formula is C21H30N2O3. The van der Waals surface area contributed by atoms with Gasteiger partial charge in [0.05, 0.1) is 20.3 Å². The van der Waals surface area contributed by atoms with E-state index in [0.717, 1.165) is 51.3 Å². The van der Waals surface area contributed by atoms with Crippen molar-refractivity contribution < 1.29 is 14.3 Å². The van der Waals surface area contributed by atoms with Crippen molar-refractivity contribution in [3.63, 3.8) is 0 Å². The van der Waals surface area contributed by atoms with E-state index in [2.05, 4.69) is 17.0 Å². The molecule has 1 aliphatic carbocycles. The molecule has 4 rings (SSSR count). The van der Waals surface area contributed by atoms with Crippen molar-refractivity contribution >= 4 is 5.91 Å². The topological polar surface area (TPSA) is 42.0 Å². The monoisotopic (exact) mass is 358 g/mol. The van der Waals surface area contributed by atoms with Crippen molar-refractivity contribution in [2.45, 2.75) is 32.2 Å². The number of hydrogen-bond acceptors (Lipinski definition) is 4. The molecule has 142 valence electrons. The summed E-state index contributed by atoms with van der Waals surface area (Å²) in [6, 6.07) is 8.27. The van der Waals surface area contributed by atoms with E-state index in [0.29, 0.717) is 19.1 Å². The van der Waals surface area contributed by atoms with Crippen LogP contribution in [0.1, 0.15) is 31.2 Å². The Hall–Kier alpha value is -1.59. The van der Waals surface area contributed by atoms with Crippen LogP contribution < -0.4 is 4.74 Å². The Morgan fingerprint density at radius 3 is 2.85 bits per heavy atom. The summed E-state index contributed by atoms with van der Waals surface area (Å²) in [4.78, 5) is 17.7. The Balaban J connectivity index is 1.44. The smallest absolute Gasteiger partial charge is 0.226 e. The lowest BCUT2D eigenvalue weighted by molar-refractivity contribution is -0.143. The molecule has 0 N–H and O–H groups in total. The third kappa shape index (κ3) is 3.35. The summed E-state index contributed by atoms with van der Waals surface area (Å²) >= 11 is 0. The molecule has 2 saturated heterocycles. The largest absolute Gasteiger partial charge is 0.496 e. The van der Waals surface area contributed by atoms with E-state index in [1.54, 1.807) is 7.11 Å². The Labute approximate surface area is 156 Å². The lowest BCUT2D eigenvalue weighted by Gasteiger charge is -2.36. The van der Waals surface area contributed by atoms with Crippen molar-refractivity contribution in [3.05, 3.63) is 29.8 Å². The molecule has 2 unspecified atom stereocenters. The van der Waals surface area contributed by atoms with Gasteiger partial charge in [0.2, 0.25) is 5.91 Å². The van der Waals surface area contributed by atoms with Crippen LogP contribution in [0.25, 0.3) is 0 Å². The van der Waals surface area contributed by atoms with Crippen LogP contribution in [0.3, 0.4) is 0 Å². The predicted octanol–water partition coefficient (Wildman–Crippen LogP) is 2.55. The van der Waals surface area contributed by atoms with E-state index in [-0.39, 0.29) is 11.3 Å². The summed E-state index contributed by atoms with van der Waals surface area (Å²) < 4.78 is 10.9. The molecule has 1 spiro atoms. The van der Waals surface area contributed by atoms with Gasteiger partial charge in [0.15, 0.2) is 0 Å². The lowest BCUT2D eigenvalue weighted by atomic mass is 9.76. The van der Waals surface area contributed by atoms with Crippen LogP contribution in [0.5, 0.6) is 5.75 Å². The fourth-order valence-electron chi connectivity index (χ4n) is 5.21. The Bertz CT molecular complexity index is 644. The molecule has 2 aliphatic heterocycles. The number of amides is 1. The molecule has 0 bridgehead atoms. The fraction of sp³-hybridized carbons (Fsp3) is 0.667. The van der Waals surface area contributed by atoms with Gasteiger partial charge in [0, 0.05) is 37.7 Å². The Kier molecular flexibility index (Phi) is 5.18. The van der Waals surface area contributed by atoms with Crippen LogP contribution in [0.2, 0.25) is 0 Å². The molecule has 2 heterocycles. The lowest BCUT2D eigenvalue weighted by Crippen LogP contribution is -2.47. The number of ether oxygens (including phenoxy) is 2. The van der Waals surface area contributed by atoms with Gasteiger partial charge >= 0.3 is 0 Å². The fourth-order valence-corrected chi connectivity index (χ4v) is 5.21. The van der Waals surface area contributed by atoms with E-state index < -0.39 is 0 Å². The number of para-hydroxylation sites is 1. The van der Waals surface area contributed by atoms with Crippen molar-refractivity contribution in [3.8, 4) is 5.75 Å². The van der Waals surface area contributed by atoms with Crippen LogP contribution in [0, 0.1) is 11.3 Å². The first kappa shape index (κ1) is 17.8. The minimum absolute atomic E-state index is 0.178. The number of morpholine rings is 1. The normalized spacial score (nSPS) is 29.4. The second-order valence-corrected chi connectivity index (χ2v) is 8.02. The minimum atomic E-state index is 0.178. The second-order valence-electron chi connectivity index (χ2n) is 8.02. The van der Waals surface area contributed by atoms with Crippen molar-refractivity contribution in [2.24, 2.45) is 11.3 Å². The molecule has 26 heavy (non-hydrogen) atoms. The van der Waals surface area contributed by atoms with Crippen LogP contribution >= 0.6 is 0 Å². The molecule has 0 radical (unpaired) electrons. The molecule has 5 nitrogen and oxygen atoms in total. The minimum Gasteiger partial charge on any atom is -0.496 e. The number of hydrogen-bond donors (Lipinski definition) is 0. The number of rotatable bonds is 4. The number of carbonyl (C=O) groups excluding carboxylic acids is 1. The molecule has 1 amide bonds. The van der Waals surface area contributed by atoms with Gasteiger partial charge in [-0.15, -0.1) is 0 Å². The highest BCUT2D eigenvalue weighted by molar-refractivity contribution is 5.80. The van der Waals surface area contributed by atoms with E-state index in [9.17, 15) is 4.79 Å². The molecule has 1 aromatic rings. The highest BCUT2D eigenvalue weighted by Crippen LogP contribution is 2.50. The zero-order valence-corrected chi connectivity index (χ0v) is 15.8. The first-order valence-electron chi connectivity index (χ1n) is 9.93. The third-order valence-electron chi connectivity index (χ3n) is 6.58. The number of carbonyl (C=O) groups is 1. The maximum Gasteiger partial charge on any atom is 0.226 e. The van der Waals surface area contributed by atoms with Crippen LogP contribution in [-0.2, 0) is 16.1 Å². The number of nitrogens with zero attached hydrogens (tertiary/aromatic N) is 2. The van der Waals surface area contributed by atoms with Crippen molar-refractivity contribution in [1.29, 1.82) is 0 Å². The maximum absolute atomic E-state index is 13.2. The standard InChI is InChI=1S/C21H30N2O3/c1-25-19-7-3-2-5-17(19)15-22-10-9-21(16-22)8-4-6-18(21)20(24)23-11-13-26-14-12-23/h2-3,5,7,18H,4,6,8-16H2,1H3. The molecule has 1 saturated carbocycles. The molecule has 5 heteroatoms. The Morgan fingerprint density at radius 2 is 2.04 bits per heavy atom. The average Bonchev–Trinajstić information content (AvgIpc) is 3.29. The van der Waals surface area contributed by atoms with Crippen molar-refractivity contribution in [1.82, 2.24) is 9.80 Å². The first-order chi connectivity index (χ1) is 12.7. The first-order valence-corrected chi connectivity index (χ1v) is 9.93. The summed E-state index contributed by atoms with van der Waals surface area (Å²) in [7, 11) is 1.73. The van der Waals surface area contributed by atoms with Gasteiger partial charge in [-0.2, -0.15) is 0 Å². The van der Waals surface area contributed by atoms with Crippen LogP contribution in [0.15, 0.2) is 24.3 Å². The second kappa shape index (κ2) is 7.57. The van der Waals surface area contributed by atoms with Gasteiger partial charge < -0.3 is 14.4 Å². The molecule has 0 aromatic heterocycles. The highest BCUT2D eigenvalue weighted by atomic mass is 16.5. The molecule has 3 aliphatic rings. The van der Waals surface area contributed by atoms with Gasteiger partial charge in [0.25, 0.3) is 0 Å². The quantitative estimate of drug-likeness (QED) is 0.830. The van der Waals surface area contributed by atoms with Gasteiger partial charge in [0.1, 0.15) is 5.75 Å². The summed E-state index contributed by atoms with van der Waals surface area (Å²) in [5.41, 5.74) is 1.42. The average molecular weight is 358 g/mol. The van der Waals surface area contributed by atoms with E-state index in [4.69, 9.17) is 9.47 Å². The summed E-state index contributed by atoms with van der Waals surface area (Å²) in [5.74, 6) is 1.54. The molecule has 2 atom stereocenters. The molecule has 1 aromatic carbocycles. The van der Waals surface area contributed by atoms with Crippen LogP contribution in [-0.4, -0.2) is 62.2 Å². The number of likely N-dealkylation sites (tertiary alicyclic amines) is 1. The zero-order valence-electron chi connectivity index (χ0n) is 15.8. The summed E-state index contributed by atoms with van der Waals surface area (Å²) in [5, 5.41) is 0. The third-order valence-corrected chi connectivity index (χ3v) is 6.58. The zero-order chi connectivity index (χ0) is 18.0. The van der Waals surface area contributed by atoms with E-state index in [1.165, 1.54) is 18.4 Å². The highest BCUT2D eigenvalue weighted by Gasteiger charge is 2.51. The number of benzene rings is 1. The molecular weight excluding hydrogens is 328 g/mol. The van der Waals surface area contributed by atoms with Crippen LogP contribution in [0.4, 0.5) is 0 Å². The van der Waals surface area contributed by atoms with E-state index in [1.807, 2.05) is 17.0 Å². The SMILES string of the molecule is COc1ccccc1CN1CCC2(CCCC2C(=O)N2CCOCC2)C1. The predicted molar refractivity (Wildman–Crippen MR) is 100 cm³/mol. The van der Waals surface area contributed by atoms with Gasteiger partial charge in [-0.3, -0.25) is 9.69 Å². The summed E-state index contributed by atoms with van der Waals surface area (Å²) in [6.45, 7) is 5.91. The van der Waals surface area contributed by atoms with Gasteiger partial charge in [-0.05, 0) is 37.3 Å². The van der Waals surface area contributed by atoms with Crippen molar-refractivity contribution in [2.75, 3.05) is 46.5 Å². The molecule has 3 fully saturated rings. The summed E-state index contributed by atoms with van der Waals surface area (Å²) in [6.07, 6.45) is 4.57. The van der Waals surface area contributed by atoms with Gasteiger partial charge in [-0.25, -0.2) is 0 Å². The Morgan fingerprint density at radius 1 is 1.23 bits per heavy atom. The van der Waals surface area contributed by atoms with E-state index >= 15 is 0 Å².